The zero-order valence-electron chi connectivity index (χ0n) is 14.9. The van der Waals surface area contributed by atoms with Gasteiger partial charge in [-0.1, -0.05) is 12.1 Å². The second kappa shape index (κ2) is 7.77. The molecule has 0 atom stereocenters. The highest BCUT2D eigenvalue weighted by Gasteiger charge is 2.35. The van der Waals surface area contributed by atoms with Crippen LogP contribution in [0.4, 0.5) is 24.5 Å². The van der Waals surface area contributed by atoms with E-state index in [1.165, 1.54) is 0 Å². The molecule has 27 heavy (non-hydrogen) atoms. The minimum atomic E-state index is -4.77. The molecule has 3 N–H and O–H groups in total. The van der Waals surface area contributed by atoms with E-state index in [0.717, 1.165) is 12.1 Å². The molecular formula is C18H21F3N2O3S. The SMILES string of the molecule is CCN(CCO)c1cccc(C)c1S(=O)(=O)c1ccc(N)c(C(F)(F)F)c1. The highest BCUT2D eigenvalue weighted by Crippen LogP contribution is 2.38. The van der Waals surface area contributed by atoms with E-state index in [0.29, 0.717) is 23.9 Å². The lowest BCUT2D eigenvalue weighted by atomic mass is 10.2. The Morgan fingerprint density at radius 1 is 1.19 bits per heavy atom. The molecule has 0 bridgehead atoms. The number of nitrogens with two attached hydrogens (primary N) is 1. The van der Waals surface area contributed by atoms with Gasteiger partial charge in [-0.2, -0.15) is 13.2 Å². The van der Waals surface area contributed by atoms with E-state index in [2.05, 4.69) is 0 Å². The van der Waals surface area contributed by atoms with Gasteiger partial charge in [-0.05, 0) is 43.7 Å². The average Bonchev–Trinajstić information content (AvgIpc) is 2.58. The van der Waals surface area contributed by atoms with Crippen LogP contribution in [-0.2, 0) is 16.0 Å². The van der Waals surface area contributed by atoms with Crippen LogP contribution >= 0.6 is 0 Å². The van der Waals surface area contributed by atoms with Gasteiger partial charge in [0, 0.05) is 18.8 Å². The molecular weight excluding hydrogens is 381 g/mol. The average molecular weight is 402 g/mol. The van der Waals surface area contributed by atoms with Crippen molar-refractivity contribution in [1.82, 2.24) is 0 Å². The predicted octanol–water partition coefficient (Wildman–Crippen LogP) is 3.25. The van der Waals surface area contributed by atoms with Gasteiger partial charge in [-0.3, -0.25) is 0 Å². The molecule has 0 saturated carbocycles. The maximum absolute atomic E-state index is 13.2. The number of benzene rings is 2. The highest BCUT2D eigenvalue weighted by atomic mass is 32.2. The molecule has 0 heterocycles. The van der Waals surface area contributed by atoms with Crippen molar-refractivity contribution in [3.05, 3.63) is 47.5 Å². The van der Waals surface area contributed by atoms with Crippen LogP contribution in [0, 0.1) is 6.92 Å². The third-order valence-corrected chi connectivity index (χ3v) is 6.14. The summed E-state index contributed by atoms with van der Waals surface area (Å²) < 4.78 is 65.8. The second-order valence-corrected chi connectivity index (χ2v) is 7.86. The Hall–Kier alpha value is -2.26. The molecule has 2 aromatic carbocycles. The second-order valence-electron chi connectivity index (χ2n) is 5.98. The number of aliphatic hydroxyl groups excluding tert-OH is 1. The van der Waals surface area contributed by atoms with E-state index >= 15 is 0 Å². The maximum atomic E-state index is 13.2. The topological polar surface area (TPSA) is 83.6 Å². The summed E-state index contributed by atoms with van der Waals surface area (Å²) in [7, 11) is -4.25. The molecule has 0 aromatic heterocycles. The Kier molecular flexibility index (Phi) is 6.06. The Bertz CT molecular complexity index is 928. The van der Waals surface area contributed by atoms with Crippen molar-refractivity contribution in [2.75, 3.05) is 30.3 Å². The van der Waals surface area contributed by atoms with E-state index in [4.69, 9.17) is 5.73 Å². The summed E-state index contributed by atoms with van der Waals surface area (Å²) in [4.78, 5) is 1.08. The fraction of sp³-hybridized carbons (Fsp3) is 0.333. The number of hydrogen-bond donors (Lipinski definition) is 2. The van der Waals surface area contributed by atoms with Crippen LogP contribution in [-0.4, -0.2) is 33.2 Å². The molecule has 0 aliphatic rings. The number of sulfone groups is 1. The van der Waals surface area contributed by atoms with Gasteiger partial charge in [0.25, 0.3) is 0 Å². The number of halogens is 3. The lowest BCUT2D eigenvalue weighted by Gasteiger charge is -2.26. The van der Waals surface area contributed by atoms with Crippen LogP contribution in [0.5, 0.6) is 0 Å². The van der Waals surface area contributed by atoms with Crippen molar-refractivity contribution in [2.24, 2.45) is 0 Å². The van der Waals surface area contributed by atoms with Gasteiger partial charge < -0.3 is 15.7 Å². The van der Waals surface area contributed by atoms with E-state index in [9.17, 15) is 26.7 Å². The lowest BCUT2D eigenvalue weighted by molar-refractivity contribution is -0.137. The quantitative estimate of drug-likeness (QED) is 0.725. The summed E-state index contributed by atoms with van der Waals surface area (Å²) in [6.07, 6.45) is -4.77. The van der Waals surface area contributed by atoms with Crippen molar-refractivity contribution < 1.29 is 26.7 Å². The molecule has 0 spiro atoms. The van der Waals surface area contributed by atoms with Gasteiger partial charge in [0.1, 0.15) is 0 Å². The third-order valence-electron chi connectivity index (χ3n) is 4.19. The smallest absolute Gasteiger partial charge is 0.398 e. The third kappa shape index (κ3) is 4.19. The van der Waals surface area contributed by atoms with Crippen LogP contribution in [0.1, 0.15) is 18.1 Å². The Morgan fingerprint density at radius 2 is 1.85 bits per heavy atom. The number of alkyl halides is 3. The first-order valence-corrected chi connectivity index (χ1v) is 9.69. The van der Waals surface area contributed by atoms with Crippen molar-refractivity contribution in [3.8, 4) is 0 Å². The fourth-order valence-corrected chi connectivity index (χ4v) is 4.59. The molecule has 9 heteroatoms. The molecule has 2 aromatic rings. The molecule has 0 fully saturated rings. The van der Waals surface area contributed by atoms with Crippen LogP contribution in [0.15, 0.2) is 46.2 Å². The van der Waals surface area contributed by atoms with Gasteiger partial charge in [-0.25, -0.2) is 8.42 Å². The molecule has 5 nitrogen and oxygen atoms in total. The van der Waals surface area contributed by atoms with Gasteiger partial charge in [-0.15, -0.1) is 0 Å². The van der Waals surface area contributed by atoms with Crippen molar-refractivity contribution in [3.63, 3.8) is 0 Å². The monoisotopic (exact) mass is 402 g/mol. The minimum absolute atomic E-state index is 0.0850. The molecule has 2 rings (SSSR count). The van der Waals surface area contributed by atoms with Crippen LogP contribution in [0.2, 0.25) is 0 Å². The largest absolute Gasteiger partial charge is 0.418 e. The minimum Gasteiger partial charge on any atom is -0.398 e. The fourth-order valence-electron chi connectivity index (χ4n) is 2.87. The standard InChI is InChI=1S/C18H21F3N2O3S/c1-3-23(9-10-24)16-6-4-5-12(2)17(16)27(25,26)13-7-8-15(22)14(11-13)18(19,20)21/h4-8,11,24H,3,9-10,22H2,1-2H3. The first-order valence-electron chi connectivity index (χ1n) is 8.21. The van der Waals surface area contributed by atoms with E-state index in [1.54, 1.807) is 36.9 Å². The van der Waals surface area contributed by atoms with Crippen LogP contribution < -0.4 is 10.6 Å². The number of aliphatic hydroxyl groups is 1. The molecule has 0 saturated heterocycles. The summed E-state index contributed by atoms with van der Waals surface area (Å²) in [5.41, 5.74) is 4.37. The van der Waals surface area contributed by atoms with E-state index in [1.807, 2.05) is 0 Å². The summed E-state index contributed by atoms with van der Waals surface area (Å²) in [6, 6.07) is 7.38. The first-order chi connectivity index (χ1) is 12.5. The van der Waals surface area contributed by atoms with E-state index < -0.39 is 32.2 Å². The normalized spacial score (nSPS) is 12.2. The number of nitrogens with zero attached hydrogens (tertiary/aromatic N) is 1. The number of aryl methyl sites for hydroxylation is 1. The summed E-state index contributed by atoms with van der Waals surface area (Å²) in [5.74, 6) is 0. The van der Waals surface area contributed by atoms with E-state index in [-0.39, 0.29) is 18.0 Å². The summed E-state index contributed by atoms with van der Waals surface area (Å²) in [5, 5.41) is 9.24. The highest BCUT2D eigenvalue weighted by molar-refractivity contribution is 7.91. The number of likely N-dealkylation sites (N-methyl/N-ethyl adjacent to an activating group) is 1. The molecule has 0 unspecified atom stereocenters. The van der Waals surface area contributed by atoms with Gasteiger partial charge in [0.05, 0.1) is 27.6 Å². The maximum Gasteiger partial charge on any atom is 0.418 e. The molecule has 0 aliphatic heterocycles. The Balaban J connectivity index is 2.72. The van der Waals surface area contributed by atoms with Gasteiger partial charge >= 0.3 is 6.18 Å². The van der Waals surface area contributed by atoms with Crippen molar-refractivity contribution >= 4 is 21.2 Å². The van der Waals surface area contributed by atoms with Crippen LogP contribution in [0.25, 0.3) is 0 Å². The number of hydrogen-bond acceptors (Lipinski definition) is 5. The molecule has 0 amide bonds. The number of rotatable bonds is 6. The van der Waals surface area contributed by atoms with Crippen molar-refractivity contribution in [2.45, 2.75) is 29.8 Å². The van der Waals surface area contributed by atoms with Crippen molar-refractivity contribution in [1.29, 1.82) is 0 Å². The number of nitrogen functional groups attached to an aromatic ring is 1. The summed E-state index contributed by atoms with van der Waals surface area (Å²) >= 11 is 0. The Labute approximate surface area is 156 Å². The van der Waals surface area contributed by atoms with Gasteiger partial charge in [0.15, 0.2) is 0 Å². The zero-order valence-corrected chi connectivity index (χ0v) is 15.7. The zero-order chi connectivity index (χ0) is 20.4. The molecule has 0 aliphatic carbocycles. The number of anilines is 2. The first kappa shape index (κ1) is 21.0. The molecule has 0 radical (unpaired) electrons. The predicted molar refractivity (Wildman–Crippen MR) is 97.5 cm³/mol. The van der Waals surface area contributed by atoms with Crippen LogP contribution in [0.3, 0.4) is 0 Å². The molecule has 148 valence electrons. The lowest BCUT2D eigenvalue weighted by Crippen LogP contribution is -2.28. The summed E-state index contributed by atoms with van der Waals surface area (Å²) in [6.45, 7) is 3.78. The Morgan fingerprint density at radius 3 is 2.41 bits per heavy atom. The van der Waals surface area contributed by atoms with Gasteiger partial charge in [0.2, 0.25) is 9.84 Å².